The van der Waals surface area contributed by atoms with E-state index in [4.69, 9.17) is 27.9 Å². The van der Waals surface area contributed by atoms with Crippen LogP contribution in [-0.4, -0.2) is 29.7 Å². The highest BCUT2D eigenvalue weighted by atomic mass is 35.5. The zero-order chi connectivity index (χ0) is 24.9. The maximum atomic E-state index is 12.8. The molecule has 2 N–H and O–H groups in total. The van der Waals surface area contributed by atoms with Crippen LogP contribution in [0, 0.1) is 0 Å². The number of amides is 3. The van der Waals surface area contributed by atoms with Gasteiger partial charge in [-0.25, -0.2) is 0 Å². The molecule has 1 heterocycles. The highest BCUT2D eigenvalue weighted by Gasteiger charge is 2.37. The summed E-state index contributed by atoms with van der Waals surface area (Å²) in [5.74, 6) is -0.606. The van der Waals surface area contributed by atoms with E-state index >= 15 is 0 Å². The van der Waals surface area contributed by atoms with Gasteiger partial charge in [0.05, 0.1) is 13.7 Å². The second kappa shape index (κ2) is 10.6. The fraction of sp³-hybridized carbons (Fsp3) is 0.115. The van der Waals surface area contributed by atoms with Crippen LogP contribution in [0.15, 0.2) is 83.5 Å². The van der Waals surface area contributed by atoms with Crippen LogP contribution in [-0.2, 0) is 22.7 Å². The van der Waals surface area contributed by atoms with Crippen molar-refractivity contribution >= 4 is 46.6 Å². The minimum Gasteiger partial charge on any atom is -0.497 e. The molecule has 178 valence electrons. The second-order valence-corrected chi connectivity index (χ2v) is 8.56. The van der Waals surface area contributed by atoms with E-state index in [1.165, 1.54) is 0 Å². The van der Waals surface area contributed by atoms with Crippen molar-refractivity contribution in [2.75, 3.05) is 12.4 Å². The number of carbonyl (C=O) groups is 3. The first kappa shape index (κ1) is 24.3. The molecule has 7 nitrogen and oxygen atoms in total. The Kier molecular flexibility index (Phi) is 7.39. The number of nitrogens with zero attached hydrogens (tertiary/aromatic N) is 1. The largest absolute Gasteiger partial charge is 0.497 e. The van der Waals surface area contributed by atoms with Crippen molar-refractivity contribution in [1.29, 1.82) is 0 Å². The molecule has 1 aliphatic rings. The molecule has 3 aromatic carbocycles. The van der Waals surface area contributed by atoms with E-state index in [1.807, 2.05) is 0 Å². The van der Waals surface area contributed by atoms with Gasteiger partial charge in [0, 0.05) is 22.8 Å². The lowest BCUT2D eigenvalue weighted by Crippen LogP contribution is -2.33. The van der Waals surface area contributed by atoms with Crippen LogP contribution < -0.4 is 15.4 Å². The van der Waals surface area contributed by atoms with Gasteiger partial charge in [-0.2, -0.15) is 0 Å². The fourth-order valence-electron chi connectivity index (χ4n) is 3.46. The molecule has 4 rings (SSSR count). The summed E-state index contributed by atoms with van der Waals surface area (Å²) in [5.41, 5.74) is 2.73. The first-order valence-electron chi connectivity index (χ1n) is 10.6. The van der Waals surface area contributed by atoms with E-state index in [2.05, 4.69) is 10.6 Å². The Morgan fingerprint density at radius 1 is 0.857 bits per heavy atom. The fourth-order valence-corrected chi connectivity index (χ4v) is 3.83. The third-order valence-corrected chi connectivity index (χ3v) is 6.00. The van der Waals surface area contributed by atoms with E-state index in [0.717, 1.165) is 16.0 Å². The zero-order valence-electron chi connectivity index (χ0n) is 18.7. The second-order valence-electron chi connectivity index (χ2n) is 7.75. The number of hydrogen-bond donors (Lipinski definition) is 2. The van der Waals surface area contributed by atoms with E-state index in [0.29, 0.717) is 22.0 Å². The van der Waals surface area contributed by atoms with Crippen molar-refractivity contribution in [1.82, 2.24) is 10.2 Å². The number of benzene rings is 3. The summed E-state index contributed by atoms with van der Waals surface area (Å²) in [7, 11) is 1.58. The Morgan fingerprint density at radius 3 is 2.11 bits per heavy atom. The molecule has 0 aromatic heterocycles. The molecule has 0 spiro atoms. The summed E-state index contributed by atoms with van der Waals surface area (Å²) in [6.45, 7) is 0.341. The average Bonchev–Trinajstić information content (AvgIpc) is 3.07. The van der Waals surface area contributed by atoms with Gasteiger partial charge in [-0.3, -0.25) is 19.3 Å². The molecule has 0 unspecified atom stereocenters. The molecule has 1 aliphatic heterocycles. The lowest BCUT2D eigenvalue weighted by atomic mass is 10.1. The molecule has 35 heavy (non-hydrogen) atoms. The van der Waals surface area contributed by atoms with E-state index < -0.39 is 11.8 Å². The lowest BCUT2D eigenvalue weighted by molar-refractivity contribution is -0.138. The number of ether oxygens (including phenoxy) is 1. The smallest absolute Gasteiger partial charge is 0.278 e. The molecular weight excluding hydrogens is 489 g/mol. The van der Waals surface area contributed by atoms with Gasteiger partial charge in [-0.1, -0.05) is 47.5 Å². The summed E-state index contributed by atoms with van der Waals surface area (Å²) in [6, 6.07) is 20.8. The van der Waals surface area contributed by atoms with E-state index in [-0.39, 0.29) is 29.7 Å². The first-order valence-corrected chi connectivity index (χ1v) is 11.4. The van der Waals surface area contributed by atoms with Crippen LogP contribution in [0.4, 0.5) is 5.69 Å². The number of hydrogen-bond acceptors (Lipinski definition) is 5. The maximum Gasteiger partial charge on any atom is 0.278 e. The highest BCUT2D eigenvalue weighted by molar-refractivity contribution is 6.47. The zero-order valence-corrected chi connectivity index (χ0v) is 20.2. The van der Waals surface area contributed by atoms with Gasteiger partial charge in [0.15, 0.2) is 0 Å². The predicted octanol–water partition coefficient (Wildman–Crippen LogP) is 4.71. The number of imide groups is 1. The summed E-state index contributed by atoms with van der Waals surface area (Å²) < 4.78 is 5.11. The molecule has 3 amide bonds. The minimum absolute atomic E-state index is 0.0481. The van der Waals surface area contributed by atoms with Crippen LogP contribution in [0.2, 0.25) is 5.02 Å². The highest BCUT2D eigenvalue weighted by Crippen LogP contribution is 2.25. The molecule has 0 saturated heterocycles. The van der Waals surface area contributed by atoms with Crippen molar-refractivity contribution in [2.24, 2.45) is 0 Å². The number of rotatable bonds is 8. The number of halogens is 2. The molecule has 0 radical (unpaired) electrons. The van der Waals surface area contributed by atoms with Crippen LogP contribution in [0.5, 0.6) is 5.75 Å². The van der Waals surface area contributed by atoms with Gasteiger partial charge in [0.2, 0.25) is 0 Å². The molecule has 0 saturated carbocycles. The molecule has 0 aliphatic carbocycles. The van der Waals surface area contributed by atoms with E-state index in [1.54, 1.807) is 79.9 Å². The van der Waals surface area contributed by atoms with Crippen LogP contribution in [0.1, 0.15) is 21.5 Å². The Hall–Kier alpha value is -3.81. The van der Waals surface area contributed by atoms with Gasteiger partial charge in [-0.15, -0.1) is 0 Å². The van der Waals surface area contributed by atoms with Gasteiger partial charge in [0.25, 0.3) is 17.7 Å². The lowest BCUT2D eigenvalue weighted by Gasteiger charge is -2.15. The third-order valence-electron chi connectivity index (χ3n) is 5.40. The number of methoxy groups -OCH3 is 1. The third kappa shape index (κ3) is 5.65. The monoisotopic (exact) mass is 509 g/mol. The summed E-state index contributed by atoms with van der Waals surface area (Å²) >= 11 is 12.1. The first-order chi connectivity index (χ1) is 16.9. The molecule has 3 aromatic rings. The molecule has 9 heteroatoms. The van der Waals surface area contributed by atoms with E-state index in [9.17, 15) is 14.4 Å². The number of anilines is 1. The normalized spacial score (nSPS) is 13.3. The Morgan fingerprint density at radius 2 is 1.49 bits per heavy atom. The van der Waals surface area contributed by atoms with Crippen LogP contribution in [0.3, 0.4) is 0 Å². The molecule has 0 fully saturated rings. The molecule has 0 atom stereocenters. The molecular formula is C26H21Cl2N3O4. The van der Waals surface area contributed by atoms with Gasteiger partial charge in [0.1, 0.15) is 16.5 Å². The number of carbonyl (C=O) groups excluding carboxylic acids is 3. The van der Waals surface area contributed by atoms with Crippen LogP contribution in [0.25, 0.3) is 0 Å². The maximum absolute atomic E-state index is 12.8. The van der Waals surface area contributed by atoms with Crippen LogP contribution >= 0.6 is 23.2 Å². The van der Waals surface area contributed by atoms with Crippen molar-refractivity contribution in [3.63, 3.8) is 0 Å². The SMILES string of the molecule is COc1ccc(NC(=O)c2ccc(CNC3=C(Cl)C(=O)N(Cc4ccc(Cl)cc4)C3=O)cc2)cc1. The van der Waals surface area contributed by atoms with Crippen molar-refractivity contribution in [2.45, 2.75) is 13.1 Å². The molecule has 0 bridgehead atoms. The predicted molar refractivity (Wildman–Crippen MR) is 134 cm³/mol. The number of nitrogens with one attached hydrogen (secondary N) is 2. The minimum atomic E-state index is -0.556. The summed E-state index contributed by atoms with van der Waals surface area (Å²) in [4.78, 5) is 38.9. The van der Waals surface area contributed by atoms with Gasteiger partial charge >= 0.3 is 0 Å². The standard InChI is InChI=1S/C26H21Cl2N3O4/c1-35-21-12-10-20(11-13-21)30-24(32)18-6-2-16(3-7-18)14-29-23-22(28)25(33)31(26(23)34)15-17-4-8-19(27)9-5-17/h2-13,29H,14-15H2,1H3,(H,30,32). The average molecular weight is 510 g/mol. The Balaban J connectivity index is 1.35. The topological polar surface area (TPSA) is 87.7 Å². The van der Waals surface area contributed by atoms with Gasteiger partial charge in [-0.05, 0) is 59.7 Å². The Labute approximate surface area is 212 Å². The van der Waals surface area contributed by atoms with Crippen molar-refractivity contribution in [3.8, 4) is 5.75 Å². The quantitative estimate of drug-likeness (QED) is 0.429. The van der Waals surface area contributed by atoms with Crippen molar-refractivity contribution in [3.05, 3.63) is 105 Å². The van der Waals surface area contributed by atoms with Gasteiger partial charge < -0.3 is 15.4 Å². The summed E-state index contributed by atoms with van der Waals surface area (Å²) in [5, 5.41) is 6.19. The van der Waals surface area contributed by atoms with Crippen molar-refractivity contribution < 1.29 is 19.1 Å². The Bertz CT molecular complexity index is 1290. The summed E-state index contributed by atoms with van der Waals surface area (Å²) in [6.07, 6.45) is 0.